The molecule has 5 heteroatoms. The average Bonchev–Trinajstić information content (AvgIpc) is 2.85. The molecule has 0 bridgehead atoms. The van der Waals surface area contributed by atoms with Crippen molar-refractivity contribution in [2.24, 2.45) is 0 Å². The Morgan fingerprint density at radius 2 is 0.938 bits per heavy atom. The van der Waals surface area contributed by atoms with E-state index >= 15 is 0 Å². The third-order valence-electron chi connectivity index (χ3n) is 4.95. The number of benzene rings is 4. The van der Waals surface area contributed by atoms with Crippen LogP contribution < -0.4 is 16.0 Å². The van der Waals surface area contributed by atoms with Crippen LogP contribution >= 0.6 is 0 Å². The maximum atomic E-state index is 12.7. The molecule has 32 heavy (non-hydrogen) atoms. The molecular formula is C27H23N3O2. The van der Waals surface area contributed by atoms with Gasteiger partial charge in [-0.25, -0.2) is 0 Å². The maximum absolute atomic E-state index is 12.7. The van der Waals surface area contributed by atoms with Crippen molar-refractivity contribution < 1.29 is 9.59 Å². The smallest absolute Gasteiger partial charge is 0.313 e. The molecule has 4 aromatic carbocycles. The van der Waals surface area contributed by atoms with Crippen LogP contribution in [0.15, 0.2) is 115 Å². The molecule has 158 valence electrons. The number of carbonyl (C=O) groups excluding carboxylic acids is 2. The summed E-state index contributed by atoms with van der Waals surface area (Å²) < 4.78 is 0. The first-order valence-electron chi connectivity index (χ1n) is 10.3. The van der Waals surface area contributed by atoms with Gasteiger partial charge < -0.3 is 16.0 Å². The summed E-state index contributed by atoms with van der Waals surface area (Å²) in [5.74, 6) is -1.42. The van der Waals surface area contributed by atoms with Crippen molar-refractivity contribution in [3.05, 3.63) is 126 Å². The van der Waals surface area contributed by atoms with Gasteiger partial charge in [-0.2, -0.15) is 0 Å². The third kappa shape index (κ3) is 5.40. The topological polar surface area (TPSA) is 70.2 Å². The van der Waals surface area contributed by atoms with Crippen LogP contribution in [-0.2, 0) is 9.59 Å². The fourth-order valence-electron chi connectivity index (χ4n) is 3.36. The predicted octanol–water partition coefficient (Wildman–Crippen LogP) is 5.27. The van der Waals surface area contributed by atoms with Gasteiger partial charge in [0.05, 0.1) is 6.04 Å². The molecular weight excluding hydrogens is 398 g/mol. The van der Waals surface area contributed by atoms with Crippen molar-refractivity contribution in [3.8, 4) is 0 Å². The summed E-state index contributed by atoms with van der Waals surface area (Å²) in [6.07, 6.45) is 0. The molecule has 0 aliphatic heterocycles. The molecule has 4 aromatic rings. The first-order valence-corrected chi connectivity index (χ1v) is 10.3. The van der Waals surface area contributed by atoms with Gasteiger partial charge in [-0.1, -0.05) is 78.9 Å². The number of amides is 2. The molecule has 0 radical (unpaired) electrons. The Kier molecular flexibility index (Phi) is 6.58. The van der Waals surface area contributed by atoms with E-state index in [4.69, 9.17) is 0 Å². The molecule has 3 N–H and O–H groups in total. The Balaban J connectivity index is 1.42. The molecule has 0 aliphatic carbocycles. The normalized spacial score (nSPS) is 10.4. The van der Waals surface area contributed by atoms with Gasteiger partial charge in [-0.05, 0) is 47.5 Å². The summed E-state index contributed by atoms with van der Waals surface area (Å²) in [4.78, 5) is 25.2. The van der Waals surface area contributed by atoms with E-state index in [0.29, 0.717) is 5.69 Å². The number of para-hydroxylation sites is 1. The summed E-state index contributed by atoms with van der Waals surface area (Å²) in [5, 5.41) is 8.79. The minimum atomic E-state index is -0.717. The van der Waals surface area contributed by atoms with Gasteiger partial charge in [0.1, 0.15) is 0 Å². The summed E-state index contributed by atoms with van der Waals surface area (Å²) in [6.45, 7) is 0. The summed E-state index contributed by atoms with van der Waals surface area (Å²) >= 11 is 0. The van der Waals surface area contributed by atoms with E-state index < -0.39 is 17.9 Å². The van der Waals surface area contributed by atoms with Crippen molar-refractivity contribution in [2.75, 3.05) is 10.6 Å². The van der Waals surface area contributed by atoms with Gasteiger partial charge in [0.25, 0.3) is 0 Å². The largest absolute Gasteiger partial charge is 0.356 e. The summed E-state index contributed by atoms with van der Waals surface area (Å²) in [5.41, 5.74) is 4.19. The molecule has 5 nitrogen and oxygen atoms in total. The maximum Gasteiger partial charge on any atom is 0.313 e. The number of anilines is 3. The van der Waals surface area contributed by atoms with Gasteiger partial charge >= 0.3 is 11.8 Å². The van der Waals surface area contributed by atoms with E-state index in [9.17, 15) is 9.59 Å². The monoisotopic (exact) mass is 421 g/mol. The van der Waals surface area contributed by atoms with Crippen LogP contribution in [0.2, 0.25) is 0 Å². The van der Waals surface area contributed by atoms with Crippen molar-refractivity contribution >= 4 is 28.9 Å². The molecule has 2 amide bonds. The molecule has 4 rings (SSSR count). The number of carbonyl (C=O) groups is 2. The molecule has 0 fully saturated rings. The van der Waals surface area contributed by atoms with Gasteiger partial charge in [-0.15, -0.1) is 0 Å². The predicted molar refractivity (Wildman–Crippen MR) is 128 cm³/mol. The standard InChI is InChI=1S/C27H23N3O2/c31-26(29-24-18-16-23(17-19-24)28-22-14-8-3-9-15-22)27(32)30-25(20-10-4-1-5-11-20)21-12-6-2-7-13-21/h1-19,25,28H,(H,29,31)(H,30,32). The van der Waals surface area contributed by atoms with E-state index in [-0.39, 0.29) is 0 Å². The van der Waals surface area contributed by atoms with E-state index in [1.165, 1.54) is 0 Å². The highest BCUT2D eigenvalue weighted by molar-refractivity contribution is 6.39. The van der Waals surface area contributed by atoms with Crippen molar-refractivity contribution in [2.45, 2.75) is 6.04 Å². The van der Waals surface area contributed by atoms with E-state index in [1.807, 2.05) is 103 Å². The Bertz CT molecular complexity index is 1120. The first-order chi connectivity index (χ1) is 15.7. The van der Waals surface area contributed by atoms with Gasteiger partial charge in [0.2, 0.25) is 0 Å². The second kappa shape index (κ2) is 10.1. The summed E-state index contributed by atoms with van der Waals surface area (Å²) in [7, 11) is 0. The quantitative estimate of drug-likeness (QED) is 0.371. The lowest BCUT2D eigenvalue weighted by Crippen LogP contribution is -2.38. The van der Waals surface area contributed by atoms with Gasteiger partial charge in [-0.3, -0.25) is 9.59 Å². The van der Waals surface area contributed by atoms with Crippen molar-refractivity contribution in [1.82, 2.24) is 5.32 Å². The highest BCUT2D eigenvalue weighted by Gasteiger charge is 2.21. The summed E-state index contributed by atoms with van der Waals surface area (Å²) in [6, 6.07) is 35.7. The van der Waals surface area contributed by atoms with Crippen LogP contribution in [0.3, 0.4) is 0 Å². The van der Waals surface area contributed by atoms with Crippen LogP contribution in [0.5, 0.6) is 0 Å². The second-order valence-corrected chi connectivity index (χ2v) is 7.25. The number of hydrogen-bond acceptors (Lipinski definition) is 3. The van der Waals surface area contributed by atoms with Crippen LogP contribution in [0.4, 0.5) is 17.1 Å². The highest BCUT2D eigenvalue weighted by atomic mass is 16.2. The zero-order valence-electron chi connectivity index (χ0n) is 17.4. The van der Waals surface area contributed by atoms with Crippen molar-refractivity contribution in [1.29, 1.82) is 0 Å². The number of rotatable bonds is 6. The minimum absolute atomic E-state index is 0.423. The van der Waals surface area contributed by atoms with Crippen LogP contribution in [-0.4, -0.2) is 11.8 Å². The molecule has 0 heterocycles. The Morgan fingerprint density at radius 3 is 1.47 bits per heavy atom. The lowest BCUT2D eigenvalue weighted by molar-refractivity contribution is -0.136. The Morgan fingerprint density at radius 1 is 0.500 bits per heavy atom. The van der Waals surface area contributed by atoms with Crippen LogP contribution in [0.1, 0.15) is 17.2 Å². The molecule has 0 atom stereocenters. The third-order valence-corrected chi connectivity index (χ3v) is 4.95. The molecule has 0 spiro atoms. The van der Waals surface area contributed by atoms with E-state index in [1.54, 1.807) is 12.1 Å². The zero-order valence-corrected chi connectivity index (χ0v) is 17.4. The molecule has 0 saturated carbocycles. The first kappa shape index (κ1) is 20.9. The van der Waals surface area contributed by atoms with Gasteiger partial charge in [0, 0.05) is 17.1 Å². The lowest BCUT2D eigenvalue weighted by Gasteiger charge is -2.19. The zero-order chi connectivity index (χ0) is 22.2. The lowest BCUT2D eigenvalue weighted by atomic mass is 9.99. The Hall–Kier alpha value is -4.38. The number of nitrogens with one attached hydrogen (secondary N) is 3. The number of hydrogen-bond donors (Lipinski definition) is 3. The van der Waals surface area contributed by atoms with Crippen LogP contribution in [0, 0.1) is 0 Å². The van der Waals surface area contributed by atoms with E-state index in [0.717, 1.165) is 22.5 Å². The molecule has 0 unspecified atom stereocenters. The highest BCUT2D eigenvalue weighted by Crippen LogP contribution is 2.22. The van der Waals surface area contributed by atoms with Crippen LogP contribution in [0.25, 0.3) is 0 Å². The minimum Gasteiger partial charge on any atom is -0.356 e. The molecule has 0 aliphatic rings. The Labute approximate surface area is 187 Å². The molecule has 0 saturated heterocycles. The second-order valence-electron chi connectivity index (χ2n) is 7.25. The average molecular weight is 422 g/mol. The fourth-order valence-corrected chi connectivity index (χ4v) is 3.36. The van der Waals surface area contributed by atoms with E-state index in [2.05, 4.69) is 16.0 Å². The SMILES string of the molecule is O=C(Nc1ccc(Nc2ccccc2)cc1)C(=O)NC(c1ccccc1)c1ccccc1. The molecule has 0 aromatic heterocycles. The van der Waals surface area contributed by atoms with Gasteiger partial charge in [0.15, 0.2) is 0 Å². The fraction of sp³-hybridized carbons (Fsp3) is 0.0370. The van der Waals surface area contributed by atoms with Crippen molar-refractivity contribution in [3.63, 3.8) is 0 Å².